The van der Waals surface area contributed by atoms with Crippen LogP contribution in [0.1, 0.15) is 30.5 Å². The van der Waals surface area contributed by atoms with E-state index in [4.69, 9.17) is 9.73 Å². The third kappa shape index (κ3) is 2.61. The summed E-state index contributed by atoms with van der Waals surface area (Å²) in [7, 11) is 1.70. The Hall–Kier alpha value is -3.07. The Morgan fingerprint density at radius 3 is 2.03 bits per heavy atom. The van der Waals surface area contributed by atoms with E-state index < -0.39 is 0 Å². The summed E-state index contributed by atoms with van der Waals surface area (Å²) in [6.45, 7) is 5.46. The lowest BCUT2D eigenvalue weighted by atomic mass is 9.76. The van der Waals surface area contributed by atoms with Crippen LogP contribution in [0.2, 0.25) is 0 Å². The number of aliphatic imine (C=N–C) groups is 1. The summed E-state index contributed by atoms with van der Waals surface area (Å²) < 4.78 is 5.31. The van der Waals surface area contributed by atoms with Gasteiger partial charge in [-0.15, -0.1) is 0 Å². The molecule has 3 heteroatoms. The summed E-state index contributed by atoms with van der Waals surface area (Å²) in [6, 6.07) is 26.2. The van der Waals surface area contributed by atoms with Gasteiger partial charge in [0.1, 0.15) is 11.3 Å². The molecule has 3 aromatic carbocycles. The number of ether oxygens (including phenoxy) is 1. The maximum atomic E-state index is 5.31. The van der Waals surface area contributed by atoms with Gasteiger partial charge in [-0.2, -0.15) is 0 Å². The molecule has 3 nitrogen and oxygen atoms in total. The molecule has 0 amide bonds. The zero-order valence-electron chi connectivity index (χ0n) is 17.2. The minimum absolute atomic E-state index is 0.259. The first-order chi connectivity index (χ1) is 14.1. The molecule has 1 aliphatic heterocycles. The summed E-state index contributed by atoms with van der Waals surface area (Å²) in [5.41, 5.74) is 6.21. The second-order valence-corrected chi connectivity index (χ2v) is 8.31. The van der Waals surface area contributed by atoms with Gasteiger partial charge in [0.25, 0.3) is 0 Å². The number of hydrogen-bond acceptors (Lipinski definition) is 3. The number of rotatable bonds is 4. The van der Waals surface area contributed by atoms with Crippen LogP contribution >= 0.6 is 0 Å². The number of nitrogens with zero attached hydrogens (tertiary/aromatic N) is 2. The molecule has 1 aliphatic carbocycles. The average molecular weight is 383 g/mol. The normalized spacial score (nSPS) is 18.3. The van der Waals surface area contributed by atoms with Crippen LogP contribution < -0.4 is 4.74 Å². The molecular weight excluding hydrogens is 356 g/mol. The van der Waals surface area contributed by atoms with Gasteiger partial charge in [0.05, 0.1) is 19.5 Å². The molecule has 0 radical (unpaired) electrons. The van der Waals surface area contributed by atoms with Gasteiger partial charge < -0.3 is 9.64 Å². The summed E-state index contributed by atoms with van der Waals surface area (Å²) in [6.07, 6.45) is 2.08. The fourth-order valence-corrected chi connectivity index (χ4v) is 5.20. The molecular formula is C26H26N2O. The van der Waals surface area contributed by atoms with Crippen LogP contribution in [0.5, 0.6) is 5.75 Å². The Labute approximate surface area is 172 Å². The average Bonchev–Trinajstić information content (AvgIpc) is 3.27. The Bertz CT molecular complexity index is 1020. The van der Waals surface area contributed by atoms with Gasteiger partial charge in [0.2, 0.25) is 0 Å². The van der Waals surface area contributed by atoms with E-state index in [9.17, 15) is 0 Å². The maximum absolute atomic E-state index is 5.31. The van der Waals surface area contributed by atoms with E-state index in [0.29, 0.717) is 5.92 Å². The van der Waals surface area contributed by atoms with Crippen molar-refractivity contribution in [3.05, 3.63) is 89.5 Å². The highest BCUT2D eigenvalue weighted by atomic mass is 16.5. The van der Waals surface area contributed by atoms with Crippen molar-refractivity contribution in [2.45, 2.75) is 32.0 Å². The van der Waals surface area contributed by atoms with Crippen molar-refractivity contribution in [3.63, 3.8) is 0 Å². The van der Waals surface area contributed by atoms with Crippen molar-refractivity contribution in [3.8, 4) is 16.9 Å². The summed E-state index contributed by atoms with van der Waals surface area (Å²) in [4.78, 5) is 7.66. The van der Waals surface area contributed by atoms with Gasteiger partial charge in [0.15, 0.2) is 0 Å². The maximum Gasteiger partial charge on any atom is 0.134 e. The van der Waals surface area contributed by atoms with E-state index in [1.807, 2.05) is 12.1 Å². The fourth-order valence-electron chi connectivity index (χ4n) is 5.20. The molecule has 0 bridgehead atoms. The SMILES string of the molecule is COc1ccc(CN2C=NC3(c4ccccc4-c4ccccc43)C2C(C)C)cc1. The molecule has 146 valence electrons. The van der Waals surface area contributed by atoms with E-state index in [2.05, 4.69) is 85.7 Å². The van der Waals surface area contributed by atoms with Crippen molar-refractivity contribution in [1.82, 2.24) is 4.90 Å². The van der Waals surface area contributed by atoms with Gasteiger partial charge in [-0.05, 0) is 45.9 Å². The highest BCUT2D eigenvalue weighted by molar-refractivity contribution is 5.84. The van der Waals surface area contributed by atoms with Gasteiger partial charge in [-0.1, -0.05) is 74.5 Å². The lowest BCUT2D eigenvalue weighted by molar-refractivity contribution is 0.199. The summed E-state index contributed by atoms with van der Waals surface area (Å²) in [5, 5.41) is 0. The lowest BCUT2D eigenvalue weighted by Gasteiger charge is -2.39. The van der Waals surface area contributed by atoms with E-state index in [1.165, 1.54) is 27.8 Å². The van der Waals surface area contributed by atoms with Crippen molar-refractivity contribution in [1.29, 1.82) is 0 Å². The predicted molar refractivity (Wildman–Crippen MR) is 118 cm³/mol. The van der Waals surface area contributed by atoms with Crippen LogP contribution in [0.4, 0.5) is 0 Å². The molecule has 0 aromatic heterocycles. The molecule has 5 rings (SSSR count). The van der Waals surface area contributed by atoms with Crippen molar-refractivity contribution >= 4 is 6.34 Å². The van der Waals surface area contributed by atoms with Crippen molar-refractivity contribution < 1.29 is 4.74 Å². The van der Waals surface area contributed by atoms with Gasteiger partial charge >= 0.3 is 0 Å². The monoisotopic (exact) mass is 382 g/mol. The molecule has 29 heavy (non-hydrogen) atoms. The van der Waals surface area contributed by atoms with E-state index in [-0.39, 0.29) is 11.6 Å². The van der Waals surface area contributed by atoms with Crippen LogP contribution in [0.25, 0.3) is 11.1 Å². The van der Waals surface area contributed by atoms with Crippen LogP contribution in [0, 0.1) is 5.92 Å². The van der Waals surface area contributed by atoms with E-state index in [1.54, 1.807) is 7.11 Å². The minimum atomic E-state index is -0.339. The Morgan fingerprint density at radius 1 is 0.897 bits per heavy atom. The number of methoxy groups -OCH3 is 1. The molecule has 3 aromatic rings. The second-order valence-electron chi connectivity index (χ2n) is 8.31. The minimum Gasteiger partial charge on any atom is -0.497 e. The van der Waals surface area contributed by atoms with E-state index in [0.717, 1.165) is 12.3 Å². The fraction of sp³-hybridized carbons (Fsp3) is 0.269. The first-order valence-corrected chi connectivity index (χ1v) is 10.3. The van der Waals surface area contributed by atoms with Crippen LogP contribution in [-0.4, -0.2) is 24.4 Å². The first kappa shape index (κ1) is 18.0. The van der Waals surface area contributed by atoms with Crippen molar-refractivity contribution in [2.24, 2.45) is 10.9 Å². The van der Waals surface area contributed by atoms with Crippen LogP contribution in [-0.2, 0) is 12.1 Å². The summed E-state index contributed by atoms with van der Waals surface area (Å²) in [5.74, 6) is 1.33. The topological polar surface area (TPSA) is 24.8 Å². The number of benzene rings is 3. The Kier molecular flexibility index (Phi) is 4.20. The predicted octanol–water partition coefficient (Wildman–Crippen LogP) is 5.49. The van der Waals surface area contributed by atoms with Gasteiger partial charge in [0, 0.05) is 6.54 Å². The van der Waals surface area contributed by atoms with Crippen LogP contribution in [0.3, 0.4) is 0 Å². The van der Waals surface area contributed by atoms with Gasteiger partial charge in [-0.25, -0.2) is 0 Å². The summed E-state index contributed by atoms with van der Waals surface area (Å²) >= 11 is 0. The van der Waals surface area contributed by atoms with Gasteiger partial charge in [-0.3, -0.25) is 4.99 Å². The zero-order chi connectivity index (χ0) is 20.0. The largest absolute Gasteiger partial charge is 0.497 e. The quantitative estimate of drug-likeness (QED) is 0.596. The highest BCUT2D eigenvalue weighted by Crippen LogP contribution is 2.55. The molecule has 0 fully saturated rings. The zero-order valence-corrected chi connectivity index (χ0v) is 17.2. The first-order valence-electron chi connectivity index (χ1n) is 10.3. The molecule has 0 N–H and O–H groups in total. The third-order valence-corrected chi connectivity index (χ3v) is 6.32. The standard InChI is InChI=1S/C26H26N2O/c1-18(2)25-26(27-17-28(25)16-19-12-14-20(29-3)15-13-19)23-10-6-4-8-21(23)22-9-5-7-11-24(22)26/h4-15,17-18,25H,16H2,1-3H3. The molecule has 1 spiro atoms. The number of fused-ring (bicyclic) bond motifs is 5. The molecule has 0 saturated heterocycles. The molecule has 1 heterocycles. The lowest BCUT2D eigenvalue weighted by Crippen LogP contribution is -2.46. The highest BCUT2D eigenvalue weighted by Gasteiger charge is 2.54. The number of hydrogen-bond donors (Lipinski definition) is 0. The Morgan fingerprint density at radius 2 is 1.48 bits per heavy atom. The molecule has 1 unspecified atom stereocenters. The van der Waals surface area contributed by atoms with Crippen LogP contribution in [0.15, 0.2) is 77.8 Å². The molecule has 2 aliphatic rings. The molecule has 1 atom stereocenters. The third-order valence-electron chi connectivity index (χ3n) is 6.32. The smallest absolute Gasteiger partial charge is 0.134 e. The molecule has 0 saturated carbocycles. The Balaban J connectivity index is 1.60. The van der Waals surface area contributed by atoms with E-state index >= 15 is 0 Å². The second kappa shape index (κ2) is 6.77. The van der Waals surface area contributed by atoms with Crippen molar-refractivity contribution in [2.75, 3.05) is 7.11 Å².